The minimum absolute atomic E-state index is 0.498. The van der Waals surface area contributed by atoms with E-state index in [0.29, 0.717) is 37.4 Å². The van der Waals surface area contributed by atoms with Crippen molar-refractivity contribution >= 4 is 24.5 Å². The van der Waals surface area contributed by atoms with Crippen LogP contribution in [0.25, 0.3) is 0 Å². The Morgan fingerprint density at radius 3 is 1.57 bits per heavy atom. The summed E-state index contributed by atoms with van der Waals surface area (Å²) in [6, 6.07) is 1.49. The van der Waals surface area contributed by atoms with Gasteiger partial charge in [0.1, 0.15) is 0 Å². The Kier molecular flexibility index (Phi) is 9.42. The molecule has 0 aliphatic heterocycles. The summed E-state index contributed by atoms with van der Waals surface area (Å²) in [5.74, 6) is -2.25. The summed E-state index contributed by atoms with van der Waals surface area (Å²) >= 11 is 0. The molecular weight excluding hydrogens is 349 g/mol. The summed E-state index contributed by atoms with van der Waals surface area (Å²) in [5.41, 5.74) is 0. The van der Waals surface area contributed by atoms with E-state index in [2.05, 4.69) is 0 Å². The first-order valence-electron chi connectivity index (χ1n) is 8.11. The van der Waals surface area contributed by atoms with Crippen molar-refractivity contribution in [3.05, 3.63) is 0 Å². The summed E-state index contributed by atoms with van der Waals surface area (Å²) in [6.07, 6.45) is 4.55. The van der Waals surface area contributed by atoms with E-state index in [4.69, 9.17) is 4.43 Å². The molecule has 0 radical (unpaired) electrons. The van der Waals surface area contributed by atoms with Gasteiger partial charge in [0.2, 0.25) is 0 Å². The lowest BCUT2D eigenvalue weighted by Gasteiger charge is -2.32. The molecule has 0 amide bonds. The molecule has 0 fully saturated rings. The highest BCUT2D eigenvalue weighted by atomic mass is 32.3. The van der Waals surface area contributed by atoms with Crippen LogP contribution < -0.4 is 0 Å². The van der Waals surface area contributed by atoms with E-state index in [0.717, 1.165) is 19.3 Å². The largest absolute Gasteiger partial charge is 0.514 e. The molecule has 0 saturated carbocycles. The number of hydrogen-bond donors (Lipinski definition) is 0. The Hall–Kier alpha value is -0.573. The highest BCUT2D eigenvalue weighted by Gasteiger charge is 2.57. The monoisotopic (exact) mass is 376 g/mol. The van der Waals surface area contributed by atoms with Crippen LogP contribution in [0, 0.1) is 0 Å². The normalized spacial score (nSPS) is 13.1. The number of unbranched alkanes of at least 4 members (excludes halogenated alkanes) is 3. The third kappa shape index (κ3) is 6.82. The summed E-state index contributed by atoms with van der Waals surface area (Å²) in [4.78, 5) is 11.7. The van der Waals surface area contributed by atoms with Crippen molar-refractivity contribution in [2.75, 3.05) is 0 Å². The minimum atomic E-state index is -6.32. The maximum absolute atomic E-state index is 13.4. The number of rotatable bonds is 12. The zero-order valence-electron chi connectivity index (χ0n) is 14.0. The molecule has 0 aromatic rings. The maximum Gasteiger partial charge on any atom is 0.469 e. The van der Waals surface area contributed by atoms with Gasteiger partial charge in [-0.25, -0.2) is 4.79 Å². The predicted molar refractivity (Wildman–Crippen MR) is 86.0 cm³/mol. The fourth-order valence-electron chi connectivity index (χ4n) is 2.38. The van der Waals surface area contributed by atoms with E-state index >= 15 is 0 Å². The molecule has 9 heteroatoms. The molecule has 0 heterocycles. The smallest absolute Gasteiger partial charge is 0.469 e. The predicted octanol–water partition coefficient (Wildman–Crippen LogP) is 4.77. The molecule has 0 rings (SSSR count). The van der Waals surface area contributed by atoms with Gasteiger partial charge in [0.15, 0.2) is 0 Å². The van der Waals surface area contributed by atoms with Crippen molar-refractivity contribution in [3.63, 3.8) is 0 Å². The lowest BCUT2D eigenvalue weighted by molar-refractivity contribution is -0.152. The van der Waals surface area contributed by atoms with Gasteiger partial charge in [0.05, 0.1) is 0 Å². The Labute approximate surface area is 138 Å². The van der Waals surface area contributed by atoms with E-state index < -0.39 is 29.8 Å². The molecule has 0 saturated heterocycles. The van der Waals surface area contributed by atoms with E-state index in [1.165, 1.54) is 0 Å². The first-order valence-corrected chi connectivity index (χ1v) is 12.0. The second kappa shape index (κ2) is 9.66. The van der Waals surface area contributed by atoms with Gasteiger partial charge in [-0.05, 0) is 18.1 Å². The number of halogens is 3. The Balaban J connectivity index is 5.41. The standard InChI is InChI=1S/C14H27F3O4SSi/c1-4-7-10-23(11-8-5-2,12-9-6-3)21-13(18)14(15,16)22(17,19)20/h4-12H2,1-3H3. The number of carbonyl (C=O) groups excluding carboxylic acids is 1. The van der Waals surface area contributed by atoms with Gasteiger partial charge in [0.25, 0.3) is 8.32 Å². The van der Waals surface area contributed by atoms with Crippen LogP contribution in [0.5, 0.6) is 0 Å². The fourth-order valence-corrected chi connectivity index (χ4v) is 7.27. The summed E-state index contributed by atoms with van der Waals surface area (Å²) < 4.78 is 65.6. The fraction of sp³-hybridized carbons (Fsp3) is 0.929. The van der Waals surface area contributed by atoms with Gasteiger partial charge >= 0.3 is 21.4 Å². The zero-order chi connectivity index (χ0) is 18.1. The molecule has 0 spiro atoms. The summed E-state index contributed by atoms with van der Waals surface area (Å²) in [5, 5.41) is -5.13. The first kappa shape index (κ1) is 22.4. The van der Waals surface area contributed by atoms with Gasteiger partial charge < -0.3 is 4.43 Å². The minimum Gasteiger partial charge on any atom is -0.514 e. The Bertz CT molecular complexity index is 447. The van der Waals surface area contributed by atoms with E-state index in [9.17, 15) is 25.9 Å². The van der Waals surface area contributed by atoms with Gasteiger partial charge in [-0.15, -0.1) is 0 Å². The summed E-state index contributed by atoms with van der Waals surface area (Å²) in [7, 11) is -9.19. The van der Waals surface area contributed by atoms with Crippen molar-refractivity contribution in [2.24, 2.45) is 0 Å². The van der Waals surface area contributed by atoms with Crippen LogP contribution >= 0.6 is 0 Å². The number of alkyl halides is 2. The molecule has 138 valence electrons. The number of hydrogen-bond acceptors (Lipinski definition) is 4. The van der Waals surface area contributed by atoms with Crippen LogP contribution in [0.4, 0.5) is 12.7 Å². The highest BCUT2D eigenvalue weighted by molar-refractivity contribution is 7.88. The Morgan fingerprint density at radius 2 is 1.30 bits per heavy atom. The van der Waals surface area contributed by atoms with Crippen LogP contribution in [0.3, 0.4) is 0 Å². The lowest BCUT2D eigenvalue weighted by atomic mass is 10.4. The number of carbonyl (C=O) groups is 1. The average molecular weight is 377 g/mol. The molecule has 0 aliphatic carbocycles. The molecule has 0 aromatic heterocycles. The average Bonchev–Trinajstić information content (AvgIpc) is 2.47. The molecule has 0 atom stereocenters. The quantitative estimate of drug-likeness (QED) is 0.364. The van der Waals surface area contributed by atoms with Crippen molar-refractivity contribution in [1.29, 1.82) is 0 Å². The van der Waals surface area contributed by atoms with E-state index in [1.807, 2.05) is 20.8 Å². The molecular formula is C14H27F3O4SSi. The lowest BCUT2D eigenvalue weighted by Crippen LogP contribution is -2.47. The zero-order valence-corrected chi connectivity index (χ0v) is 15.9. The van der Waals surface area contributed by atoms with Crippen LogP contribution in [-0.4, -0.2) is 28.0 Å². The van der Waals surface area contributed by atoms with Crippen molar-refractivity contribution in [1.82, 2.24) is 0 Å². The third-order valence-electron chi connectivity index (χ3n) is 3.81. The maximum atomic E-state index is 13.4. The van der Waals surface area contributed by atoms with Crippen molar-refractivity contribution < 1.29 is 30.3 Å². The molecule has 0 aliphatic rings. The SMILES string of the molecule is CCCC[Si](CCCC)(CCCC)OC(=O)C(F)(F)S(=O)(=O)F. The molecule has 23 heavy (non-hydrogen) atoms. The van der Waals surface area contributed by atoms with Gasteiger partial charge in [-0.1, -0.05) is 63.2 Å². The molecule has 0 unspecified atom stereocenters. The van der Waals surface area contributed by atoms with Gasteiger partial charge in [0, 0.05) is 0 Å². The molecule has 0 aromatic carbocycles. The molecule has 4 nitrogen and oxygen atoms in total. The third-order valence-corrected chi connectivity index (χ3v) is 9.00. The summed E-state index contributed by atoms with van der Waals surface area (Å²) in [6.45, 7) is 5.80. The van der Waals surface area contributed by atoms with Crippen LogP contribution in [0.2, 0.25) is 18.1 Å². The van der Waals surface area contributed by atoms with Crippen LogP contribution in [0.1, 0.15) is 59.3 Å². The highest BCUT2D eigenvalue weighted by Crippen LogP contribution is 2.34. The molecule has 0 N–H and O–H groups in total. The second-order valence-electron chi connectivity index (χ2n) is 5.84. The first-order chi connectivity index (χ1) is 10.6. The van der Waals surface area contributed by atoms with Gasteiger partial charge in [-0.2, -0.15) is 17.2 Å². The van der Waals surface area contributed by atoms with Crippen molar-refractivity contribution in [3.8, 4) is 0 Å². The second-order valence-corrected chi connectivity index (χ2v) is 11.3. The van der Waals surface area contributed by atoms with Crippen LogP contribution in [-0.2, 0) is 19.4 Å². The van der Waals surface area contributed by atoms with E-state index in [1.54, 1.807) is 0 Å². The van der Waals surface area contributed by atoms with E-state index in [-0.39, 0.29) is 0 Å². The van der Waals surface area contributed by atoms with Crippen LogP contribution in [0.15, 0.2) is 0 Å². The Morgan fingerprint density at radius 1 is 0.957 bits per heavy atom. The van der Waals surface area contributed by atoms with Gasteiger partial charge in [-0.3, -0.25) is 0 Å². The van der Waals surface area contributed by atoms with Crippen molar-refractivity contribution in [2.45, 2.75) is 82.7 Å². The topological polar surface area (TPSA) is 60.4 Å². The molecule has 0 bridgehead atoms.